The number of aliphatic hydroxyl groups excluding tert-OH is 1. The third kappa shape index (κ3) is 0.841. The van der Waals surface area contributed by atoms with Gasteiger partial charge < -0.3 is 10.2 Å². The molecule has 2 atom stereocenters. The molecule has 2 heteroatoms. The van der Waals surface area contributed by atoms with Gasteiger partial charge >= 0.3 is 0 Å². The number of terminal acetylenes is 1. The van der Waals surface area contributed by atoms with Gasteiger partial charge in [-0.15, -0.1) is 6.42 Å². The summed E-state index contributed by atoms with van der Waals surface area (Å²) in [5.74, 6) is 2.17. The van der Waals surface area contributed by atoms with Crippen LogP contribution in [0.3, 0.4) is 0 Å². The average Bonchev–Trinajstić information content (AvgIpc) is 2.19. The Balaban J connectivity index is 2.86. The van der Waals surface area contributed by atoms with E-state index in [2.05, 4.69) is 12.5 Å². The highest BCUT2D eigenvalue weighted by Gasteiger charge is 2.40. The molecule has 0 spiro atoms. The standard InChI is InChI=1S/C8H10O2/c1-3-8(10)5-4-6(2)7(8)9/h1,7,9-10H,2,4-5H2/t7-,8+/m1/s1. The first-order valence-corrected chi connectivity index (χ1v) is 3.16. The van der Waals surface area contributed by atoms with E-state index < -0.39 is 11.7 Å². The maximum atomic E-state index is 9.39. The van der Waals surface area contributed by atoms with Crippen LogP contribution in [-0.2, 0) is 0 Å². The molecule has 1 aliphatic carbocycles. The van der Waals surface area contributed by atoms with Gasteiger partial charge in [0.2, 0.25) is 0 Å². The van der Waals surface area contributed by atoms with Crippen LogP contribution in [0.4, 0.5) is 0 Å². The molecule has 2 N–H and O–H groups in total. The van der Waals surface area contributed by atoms with Gasteiger partial charge in [0, 0.05) is 0 Å². The molecule has 54 valence electrons. The lowest BCUT2D eigenvalue weighted by Crippen LogP contribution is -2.35. The van der Waals surface area contributed by atoms with Crippen LogP contribution in [0.25, 0.3) is 0 Å². The molecule has 2 nitrogen and oxygen atoms in total. The van der Waals surface area contributed by atoms with E-state index in [0.29, 0.717) is 18.4 Å². The second-order valence-electron chi connectivity index (χ2n) is 2.63. The summed E-state index contributed by atoms with van der Waals surface area (Å²) in [7, 11) is 0. The SMILES string of the molecule is C#C[C@]1(O)CCC(=C)[C@H]1O. The molecule has 10 heavy (non-hydrogen) atoms. The van der Waals surface area contributed by atoms with Gasteiger partial charge in [0.15, 0.2) is 5.60 Å². The monoisotopic (exact) mass is 138 g/mol. The molecule has 1 rings (SSSR count). The van der Waals surface area contributed by atoms with Crippen molar-refractivity contribution in [2.24, 2.45) is 0 Å². The van der Waals surface area contributed by atoms with E-state index in [1.807, 2.05) is 0 Å². The first-order valence-electron chi connectivity index (χ1n) is 3.16. The second kappa shape index (κ2) is 2.12. The highest BCUT2D eigenvalue weighted by molar-refractivity contribution is 5.26. The van der Waals surface area contributed by atoms with Crippen molar-refractivity contribution in [1.82, 2.24) is 0 Å². The van der Waals surface area contributed by atoms with Gasteiger partial charge in [-0.05, 0) is 18.4 Å². The minimum Gasteiger partial charge on any atom is -0.385 e. The molecule has 0 radical (unpaired) electrons. The molecule has 0 aromatic heterocycles. The molecule has 0 amide bonds. The van der Waals surface area contributed by atoms with Crippen LogP contribution in [0.5, 0.6) is 0 Å². The fraction of sp³-hybridized carbons (Fsp3) is 0.500. The van der Waals surface area contributed by atoms with E-state index in [1.165, 1.54) is 0 Å². The molecular formula is C8H10O2. The smallest absolute Gasteiger partial charge is 0.154 e. The number of aliphatic hydroxyl groups is 2. The molecule has 1 fully saturated rings. The van der Waals surface area contributed by atoms with Crippen molar-refractivity contribution < 1.29 is 10.2 Å². The molecule has 1 aliphatic rings. The van der Waals surface area contributed by atoms with Crippen molar-refractivity contribution >= 4 is 0 Å². The van der Waals surface area contributed by atoms with Gasteiger partial charge in [0.05, 0.1) is 0 Å². The van der Waals surface area contributed by atoms with E-state index in [0.717, 1.165) is 0 Å². The van der Waals surface area contributed by atoms with Gasteiger partial charge in [-0.2, -0.15) is 0 Å². The fourth-order valence-corrected chi connectivity index (χ4v) is 1.11. The Morgan fingerprint density at radius 2 is 2.40 bits per heavy atom. The lowest BCUT2D eigenvalue weighted by molar-refractivity contribution is 0.00553. The summed E-state index contributed by atoms with van der Waals surface area (Å²) in [5.41, 5.74) is -0.725. The Hall–Kier alpha value is -0.780. The van der Waals surface area contributed by atoms with E-state index in [9.17, 15) is 10.2 Å². The highest BCUT2D eigenvalue weighted by Crippen LogP contribution is 2.32. The lowest BCUT2D eigenvalue weighted by Gasteiger charge is -2.19. The summed E-state index contributed by atoms with van der Waals surface area (Å²) in [6, 6.07) is 0. The summed E-state index contributed by atoms with van der Waals surface area (Å²) >= 11 is 0. The van der Waals surface area contributed by atoms with Gasteiger partial charge in [0.1, 0.15) is 6.10 Å². The van der Waals surface area contributed by atoms with Crippen molar-refractivity contribution in [3.63, 3.8) is 0 Å². The molecule has 0 saturated heterocycles. The van der Waals surface area contributed by atoms with Crippen molar-refractivity contribution in [3.05, 3.63) is 12.2 Å². The quantitative estimate of drug-likeness (QED) is 0.367. The summed E-state index contributed by atoms with van der Waals surface area (Å²) in [5, 5.41) is 18.6. The first kappa shape index (κ1) is 7.33. The summed E-state index contributed by atoms with van der Waals surface area (Å²) < 4.78 is 0. The van der Waals surface area contributed by atoms with Crippen LogP contribution in [0.2, 0.25) is 0 Å². The Kier molecular flexibility index (Phi) is 1.55. The Labute approximate surface area is 60.2 Å². The van der Waals surface area contributed by atoms with E-state index in [1.54, 1.807) is 0 Å². The van der Waals surface area contributed by atoms with E-state index in [4.69, 9.17) is 6.42 Å². The van der Waals surface area contributed by atoms with Crippen LogP contribution in [0.1, 0.15) is 12.8 Å². The van der Waals surface area contributed by atoms with Crippen molar-refractivity contribution in [3.8, 4) is 12.3 Å². The van der Waals surface area contributed by atoms with Crippen LogP contribution >= 0.6 is 0 Å². The Morgan fingerprint density at radius 3 is 2.60 bits per heavy atom. The average molecular weight is 138 g/mol. The molecule has 0 aromatic carbocycles. The van der Waals surface area contributed by atoms with E-state index >= 15 is 0 Å². The molecule has 0 bridgehead atoms. The maximum absolute atomic E-state index is 9.39. The fourth-order valence-electron chi connectivity index (χ4n) is 1.11. The zero-order chi connectivity index (χ0) is 7.78. The molecule has 0 aliphatic heterocycles. The van der Waals surface area contributed by atoms with Crippen LogP contribution in [0, 0.1) is 12.3 Å². The Morgan fingerprint density at radius 1 is 1.80 bits per heavy atom. The van der Waals surface area contributed by atoms with Crippen molar-refractivity contribution in [1.29, 1.82) is 0 Å². The normalized spacial score (nSPS) is 39.7. The van der Waals surface area contributed by atoms with Crippen molar-refractivity contribution in [2.75, 3.05) is 0 Å². The zero-order valence-electron chi connectivity index (χ0n) is 5.67. The minimum absolute atomic E-state index is 0.420. The van der Waals surface area contributed by atoms with Crippen molar-refractivity contribution in [2.45, 2.75) is 24.5 Å². The number of hydrogen-bond acceptors (Lipinski definition) is 2. The van der Waals surface area contributed by atoms with Crippen LogP contribution in [0.15, 0.2) is 12.2 Å². The van der Waals surface area contributed by atoms with Crippen LogP contribution < -0.4 is 0 Å². The minimum atomic E-state index is -1.35. The van der Waals surface area contributed by atoms with Gasteiger partial charge in [0.25, 0.3) is 0 Å². The lowest BCUT2D eigenvalue weighted by atomic mass is 10.0. The summed E-state index contributed by atoms with van der Waals surface area (Å²) in [6.07, 6.45) is 5.12. The third-order valence-corrected chi connectivity index (χ3v) is 1.92. The maximum Gasteiger partial charge on any atom is 0.154 e. The predicted molar refractivity (Wildman–Crippen MR) is 38.2 cm³/mol. The molecule has 0 heterocycles. The predicted octanol–water partition coefficient (Wildman–Crippen LogP) is 0.0616. The molecule has 1 saturated carbocycles. The molecule has 0 unspecified atom stereocenters. The zero-order valence-corrected chi connectivity index (χ0v) is 5.67. The topological polar surface area (TPSA) is 40.5 Å². The Bertz CT molecular complexity index is 202. The summed E-state index contributed by atoms with van der Waals surface area (Å²) in [6.45, 7) is 3.57. The first-order chi connectivity index (χ1) is 4.60. The third-order valence-electron chi connectivity index (χ3n) is 1.92. The molecular weight excluding hydrogens is 128 g/mol. The van der Waals surface area contributed by atoms with Gasteiger partial charge in [-0.3, -0.25) is 0 Å². The highest BCUT2D eigenvalue weighted by atomic mass is 16.3. The number of hydrogen-bond donors (Lipinski definition) is 2. The van der Waals surface area contributed by atoms with Crippen LogP contribution in [-0.4, -0.2) is 21.9 Å². The summed E-state index contributed by atoms with van der Waals surface area (Å²) in [4.78, 5) is 0. The largest absolute Gasteiger partial charge is 0.385 e. The molecule has 0 aromatic rings. The van der Waals surface area contributed by atoms with E-state index in [-0.39, 0.29) is 0 Å². The second-order valence-corrected chi connectivity index (χ2v) is 2.63. The van der Waals surface area contributed by atoms with Gasteiger partial charge in [-0.25, -0.2) is 0 Å². The van der Waals surface area contributed by atoms with Gasteiger partial charge in [-0.1, -0.05) is 12.5 Å². The number of rotatable bonds is 0.